The van der Waals surface area contributed by atoms with E-state index in [0.717, 1.165) is 0 Å². The summed E-state index contributed by atoms with van der Waals surface area (Å²) in [6.45, 7) is 0. The molecule has 0 aliphatic carbocycles. The fourth-order valence-electron chi connectivity index (χ4n) is 1.55. The third-order valence-corrected chi connectivity index (χ3v) is 17.6. The highest BCUT2D eigenvalue weighted by Gasteiger charge is 2.83. The zero-order valence-electron chi connectivity index (χ0n) is 13.4. The summed E-state index contributed by atoms with van der Waals surface area (Å²) in [7, 11) is 0. The molecule has 0 unspecified atom stereocenters. The van der Waals surface area contributed by atoms with E-state index in [0.29, 0.717) is 0 Å². The van der Waals surface area contributed by atoms with Gasteiger partial charge in [-0.3, -0.25) is 0 Å². The maximum absolute atomic E-state index is 9.85. The summed E-state index contributed by atoms with van der Waals surface area (Å²) in [6, 6.07) is 0. The minimum Gasteiger partial charge on any atom is -0.360 e. The predicted octanol–water partition coefficient (Wildman–Crippen LogP) is 11.9. The first-order valence-corrected chi connectivity index (χ1v) is 14.4. The van der Waals surface area contributed by atoms with E-state index in [-0.39, 0.29) is 0 Å². The van der Waals surface area contributed by atoms with Crippen LogP contribution in [0.1, 0.15) is 0 Å². The van der Waals surface area contributed by atoms with Crippen molar-refractivity contribution in [2.45, 2.75) is 43.0 Å². The van der Waals surface area contributed by atoms with E-state index in [1.165, 1.54) is 0 Å². The Balaban J connectivity index is 7.00. The van der Waals surface area contributed by atoms with Crippen LogP contribution in [0.3, 0.4) is 0 Å². The molecule has 1 nitrogen and oxygen atoms in total. The van der Waals surface area contributed by atoms with Crippen LogP contribution < -0.4 is 0 Å². The van der Waals surface area contributed by atoms with Gasteiger partial charge in [0.1, 0.15) is 0 Å². The number of hydrogen-bond donors (Lipinski definition) is 1. The summed E-state index contributed by atoms with van der Waals surface area (Å²) in [6.07, 6.45) is 0. The Morgan fingerprint density at radius 3 is 0.562 bits per heavy atom. The van der Waals surface area contributed by atoms with Gasteiger partial charge in [-0.25, -0.2) is 0 Å². The average Bonchev–Trinajstić information content (AvgIpc) is 2.51. The summed E-state index contributed by atoms with van der Waals surface area (Å²) < 4.78 is -31.0. The summed E-state index contributed by atoms with van der Waals surface area (Å²) in [5.41, 5.74) is 0. The molecule has 0 aromatic heterocycles. The Kier molecular flexibility index (Phi) is 13.1. The van der Waals surface area contributed by atoms with E-state index in [2.05, 4.69) is 0 Å². The lowest BCUT2D eigenvalue weighted by molar-refractivity contribution is 0.181. The molecule has 0 rings (SSSR count). The van der Waals surface area contributed by atoms with E-state index in [1.54, 1.807) is 0 Å². The number of halogens is 21. The number of aliphatic hydroxyl groups is 1. The quantitative estimate of drug-likeness (QED) is 0.241. The highest BCUT2D eigenvalue weighted by Crippen LogP contribution is 2.74. The molecule has 0 radical (unpaired) electrons. The first kappa shape index (κ1) is 38.0. The van der Waals surface area contributed by atoms with Gasteiger partial charge in [-0.1, -0.05) is 244 Å². The zero-order chi connectivity index (χ0) is 27.0. The van der Waals surface area contributed by atoms with Crippen LogP contribution in [-0.2, 0) is 0 Å². The second kappa shape index (κ2) is 11.0. The Labute approximate surface area is 287 Å². The summed E-state index contributed by atoms with van der Waals surface area (Å²) in [5, 5.41) is 9.85. The largest absolute Gasteiger partial charge is 0.360 e. The van der Waals surface area contributed by atoms with Crippen LogP contribution >= 0.6 is 244 Å². The highest BCUT2D eigenvalue weighted by atomic mass is 35.6. The minimum absolute atomic E-state index is 2.70. The van der Waals surface area contributed by atoms with Crippen LogP contribution in [0.2, 0.25) is 0 Å². The molecule has 0 saturated carbocycles. The molecule has 0 amide bonds. The van der Waals surface area contributed by atoms with E-state index >= 15 is 0 Å². The van der Waals surface area contributed by atoms with Gasteiger partial charge in [0.05, 0.1) is 0 Å². The molecule has 22 heteroatoms. The standard InChI is InChI=1S/C10HCl21O/c11-1(12,3(15,16)5(19,20)7(23,24)9(27,28)29)2(13,14)4(17,18)6(21,22)8(25,26)10(30,31)32/h32H. The SMILES string of the molecule is OC(Cl)(Cl)C(Cl)(Cl)C(Cl)(Cl)C(Cl)(Cl)C(Cl)(Cl)C(Cl)(Cl)C(Cl)(Cl)C(Cl)(Cl)C(Cl)(Cl)C(Cl)(Cl)Cl. The molecular formula is C10HCl21O. The van der Waals surface area contributed by atoms with Gasteiger partial charge in [0, 0.05) is 0 Å². The molecule has 0 saturated heterocycles. The maximum Gasteiger partial charge on any atom is 0.251 e. The Morgan fingerprint density at radius 2 is 0.406 bits per heavy atom. The number of alkyl halides is 21. The monoisotopic (exact) mass is 871 g/mol. The number of hydrogen-bond acceptors (Lipinski definition) is 1. The molecule has 0 aromatic rings. The van der Waals surface area contributed by atoms with E-state index < -0.39 is 43.0 Å². The Morgan fingerprint density at radius 1 is 0.250 bits per heavy atom. The van der Waals surface area contributed by atoms with Gasteiger partial charge in [-0.2, -0.15) is 0 Å². The van der Waals surface area contributed by atoms with Crippen molar-refractivity contribution in [2.24, 2.45) is 0 Å². The van der Waals surface area contributed by atoms with Gasteiger partial charge >= 0.3 is 0 Å². The summed E-state index contributed by atoms with van der Waals surface area (Å²) in [4.78, 5) is 0. The van der Waals surface area contributed by atoms with Crippen LogP contribution in [-0.4, -0.2) is 48.1 Å². The normalized spacial score (nSPS) is 17.1. The number of rotatable bonds is 8. The second-order valence-electron chi connectivity index (χ2n) is 5.63. The molecule has 32 heavy (non-hydrogen) atoms. The maximum atomic E-state index is 9.85. The molecule has 0 aliphatic heterocycles. The molecule has 0 heterocycles. The first-order chi connectivity index (χ1) is 13.2. The fourth-order valence-corrected chi connectivity index (χ4v) is 7.86. The molecular weight excluding hydrogens is 881 g/mol. The van der Waals surface area contributed by atoms with Crippen LogP contribution in [0, 0.1) is 0 Å². The second-order valence-corrected chi connectivity index (χ2v) is 19.8. The predicted molar refractivity (Wildman–Crippen MR) is 152 cm³/mol. The molecule has 0 fully saturated rings. The van der Waals surface area contributed by atoms with Crippen LogP contribution in [0.5, 0.6) is 0 Å². The summed E-state index contributed by atoms with van der Waals surface area (Å²) >= 11 is 126. The van der Waals surface area contributed by atoms with Crippen LogP contribution in [0.4, 0.5) is 0 Å². The lowest BCUT2D eigenvalue weighted by atomic mass is 10.0. The summed E-state index contributed by atoms with van der Waals surface area (Å²) in [5.74, 6) is 0. The van der Waals surface area contributed by atoms with Crippen molar-refractivity contribution in [3.8, 4) is 0 Å². The van der Waals surface area contributed by atoms with E-state index in [4.69, 9.17) is 244 Å². The molecule has 0 aliphatic rings. The van der Waals surface area contributed by atoms with Crippen molar-refractivity contribution in [1.29, 1.82) is 0 Å². The average molecular weight is 882 g/mol. The van der Waals surface area contributed by atoms with Gasteiger partial charge < -0.3 is 5.11 Å². The van der Waals surface area contributed by atoms with E-state index in [1.807, 2.05) is 0 Å². The molecule has 0 aromatic carbocycles. The van der Waals surface area contributed by atoms with Crippen LogP contribution in [0.15, 0.2) is 0 Å². The minimum atomic E-state index is -3.25. The Hall–Kier alpha value is 6.05. The van der Waals surface area contributed by atoms with Crippen molar-refractivity contribution in [3.63, 3.8) is 0 Å². The zero-order valence-corrected chi connectivity index (χ0v) is 29.3. The lowest BCUT2D eigenvalue weighted by Crippen LogP contribution is -2.72. The van der Waals surface area contributed by atoms with Crippen molar-refractivity contribution in [3.05, 3.63) is 0 Å². The van der Waals surface area contributed by atoms with Gasteiger partial charge in [0.25, 0.3) is 4.52 Å². The molecule has 194 valence electrons. The molecule has 1 N–H and O–H groups in total. The Bertz CT molecular complexity index is 632. The third-order valence-electron chi connectivity index (χ3n) is 3.49. The van der Waals surface area contributed by atoms with Gasteiger partial charge in [-0.15, -0.1) is 0 Å². The van der Waals surface area contributed by atoms with E-state index in [9.17, 15) is 5.11 Å². The molecule has 0 spiro atoms. The molecule has 0 atom stereocenters. The van der Waals surface area contributed by atoms with Crippen molar-refractivity contribution in [2.75, 3.05) is 0 Å². The van der Waals surface area contributed by atoms with Crippen molar-refractivity contribution < 1.29 is 5.11 Å². The topological polar surface area (TPSA) is 20.2 Å². The van der Waals surface area contributed by atoms with Gasteiger partial charge in [-0.05, 0) is 0 Å². The van der Waals surface area contributed by atoms with Crippen LogP contribution in [0.25, 0.3) is 0 Å². The highest BCUT2D eigenvalue weighted by molar-refractivity contribution is 6.83. The smallest absolute Gasteiger partial charge is 0.251 e. The molecule has 0 bridgehead atoms. The fraction of sp³-hybridized carbons (Fsp3) is 1.00. The van der Waals surface area contributed by atoms with Gasteiger partial charge in [0.2, 0.25) is 12.5 Å². The van der Waals surface area contributed by atoms with Crippen molar-refractivity contribution in [1.82, 2.24) is 0 Å². The third kappa shape index (κ3) is 5.84. The first-order valence-electron chi connectivity index (χ1n) is 6.44. The van der Waals surface area contributed by atoms with Crippen molar-refractivity contribution >= 4 is 244 Å². The van der Waals surface area contributed by atoms with Gasteiger partial charge in [0.15, 0.2) is 26.0 Å². The lowest BCUT2D eigenvalue weighted by Gasteiger charge is -2.55.